The van der Waals surface area contributed by atoms with Crippen molar-refractivity contribution in [2.45, 2.75) is 25.3 Å². The maximum absolute atomic E-state index is 13.0. The standard InChI is InChI=1S/C23H26N6O2/c30-21(16-6-8-17(9-7-16)24-23(31)25-18-10-11-18)28-12-3-13-29(15-14-28)22-26-19-4-1-2-5-20(19)27-22/h1-2,4-9,18H,3,10-15H2,(H,26,27)(H2,24,25,31). The smallest absolute Gasteiger partial charge is 0.319 e. The molecule has 8 heteroatoms. The molecule has 5 rings (SSSR count). The van der Waals surface area contributed by atoms with Gasteiger partial charge in [-0.15, -0.1) is 0 Å². The number of urea groups is 1. The number of amides is 3. The number of carbonyl (C=O) groups excluding carboxylic acids is 2. The number of fused-ring (bicyclic) bond motifs is 1. The molecule has 160 valence electrons. The lowest BCUT2D eigenvalue weighted by Crippen LogP contribution is -2.35. The first-order valence-electron chi connectivity index (χ1n) is 10.8. The van der Waals surface area contributed by atoms with Crippen molar-refractivity contribution < 1.29 is 9.59 Å². The van der Waals surface area contributed by atoms with E-state index in [2.05, 4.69) is 25.5 Å². The number of carbonyl (C=O) groups is 2. The molecule has 31 heavy (non-hydrogen) atoms. The molecule has 1 aliphatic heterocycles. The highest BCUT2D eigenvalue weighted by Crippen LogP contribution is 2.20. The molecule has 0 bridgehead atoms. The lowest BCUT2D eigenvalue weighted by Gasteiger charge is -2.22. The molecule has 3 aromatic rings. The summed E-state index contributed by atoms with van der Waals surface area (Å²) in [5.41, 5.74) is 3.29. The SMILES string of the molecule is O=C(Nc1ccc(C(=O)N2CCCN(c3nc4ccccc4[nH]3)CC2)cc1)NC1CC1. The van der Waals surface area contributed by atoms with Gasteiger partial charge in [0.25, 0.3) is 5.91 Å². The Labute approximate surface area is 180 Å². The van der Waals surface area contributed by atoms with Crippen LogP contribution in [-0.2, 0) is 0 Å². The summed E-state index contributed by atoms with van der Waals surface area (Å²) in [6.07, 6.45) is 2.97. The number of aromatic nitrogens is 2. The Bertz CT molecular complexity index is 1060. The van der Waals surface area contributed by atoms with E-state index < -0.39 is 0 Å². The minimum atomic E-state index is -0.195. The molecule has 2 aliphatic rings. The van der Waals surface area contributed by atoms with E-state index in [1.54, 1.807) is 24.3 Å². The summed E-state index contributed by atoms with van der Waals surface area (Å²) in [6.45, 7) is 2.92. The molecule has 3 N–H and O–H groups in total. The number of para-hydroxylation sites is 2. The zero-order chi connectivity index (χ0) is 21.2. The predicted molar refractivity (Wildman–Crippen MR) is 120 cm³/mol. The fraction of sp³-hybridized carbons (Fsp3) is 0.348. The van der Waals surface area contributed by atoms with Gasteiger partial charge in [0.15, 0.2) is 0 Å². The Morgan fingerprint density at radius 2 is 1.77 bits per heavy atom. The number of hydrogen-bond acceptors (Lipinski definition) is 4. The zero-order valence-electron chi connectivity index (χ0n) is 17.3. The number of aromatic amines is 1. The van der Waals surface area contributed by atoms with Crippen LogP contribution in [-0.4, -0.2) is 59.0 Å². The molecule has 1 aromatic heterocycles. The van der Waals surface area contributed by atoms with Gasteiger partial charge < -0.3 is 25.4 Å². The van der Waals surface area contributed by atoms with E-state index in [0.717, 1.165) is 49.3 Å². The number of anilines is 2. The quantitative estimate of drug-likeness (QED) is 0.607. The Morgan fingerprint density at radius 3 is 2.55 bits per heavy atom. The van der Waals surface area contributed by atoms with Crippen molar-refractivity contribution >= 4 is 34.6 Å². The summed E-state index contributed by atoms with van der Waals surface area (Å²) >= 11 is 0. The summed E-state index contributed by atoms with van der Waals surface area (Å²) in [5, 5.41) is 5.70. The van der Waals surface area contributed by atoms with Crippen LogP contribution < -0.4 is 15.5 Å². The highest BCUT2D eigenvalue weighted by atomic mass is 16.2. The molecular weight excluding hydrogens is 392 g/mol. The fourth-order valence-electron chi connectivity index (χ4n) is 3.88. The fourth-order valence-corrected chi connectivity index (χ4v) is 3.88. The largest absolute Gasteiger partial charge is 0.341 e. The van der Waals surface area contributed by atoms with Crippen LogP contribution in [0.15, 0.2) is 48.5 Å². The van der Waals surface area contributed by atoms with E-state index in [0.29, 0.717) is 30.4 Å². The minimum absolute atomic E-state index is 0.0143. The maximum Gasteiger partial charge on any atom is 0.319 e. The van der Waals surface area contributed by atoms with Crippen LogP contribution >= 0.6 is 0 Å². The molecule has 2 aromatic carbocycles. The Kier molecular flexibility index (Phi) is 5.19. The van der Waals surface area contributed by atoms with E-state index in [9.17, 15) is 9.59 Å². The molecule has 3 amide bonds. The van der Waals surface area contributed by atoms with Gasteiger partial charge in [0, 0.05) is 43.5 Å². The maximum atomic E-state index is 13.0. The molecule has 2 fully saturated rings. The monoisotopic (exact) mass is 418 g/mol. The van der Waals surface area contributed by atoms with Crippen molar-refractivity contribution in [3.05, 3.63) is 54.1 Å². The van der Waals surface area contributed by atoms with Crippen molar-refractivity contribution in [3.63, 3.8) is 0 Å². The van der Waals surface area contributed by atoms with Gasteiger partial charge in [0.1, 0.15) is 0 Å². The number of nitrogens with zero attached hydrogens (tertiary/aromatic N) is 3. The molecule has 1 saturated carbocycles. The van der Waals surface area contributed by atoms with Gasteiger partial charge in [-0.25, -0.2) is 9.78 Å². The van der Waals surface area contributed by atoms with E-state index in [-0.39, 0.29) is 11.9 Å². The van der Waals surface area contributed by atoms with Gasteiger partial charge in [0.2, 0.25) is 5.95 Å². The Morgan fingerprint density at radius 1 is 0.968 bits per heavy atom. The molecule has 0 atom stereocenters. The summed E-state index contributed by atoms with van der Waals surface area (Å²) in [4.78, 5) is 37.0. The van der Waals surface area contributed by atoms with Crippen LogP contribution in [0.1, 0.15) is 29.6 Å². The van der Waals surface area contributed by atoms with Gasteiger partial charge >= 0.3 is 6.03 Å². The van der Waals surface area contributed by atoms with Gasteiger partial charge in [-0.3, -0.25) is 4.79 Å². The number of imidazole rings is 1. The third kappa shape index (κ3) is 4.47. The Hall–Kier alpha value is -3.55. The van der Waals surface area contributed by atoms with Crippen LogP contribution in [0.3, 0.4) is 0 Å². The van der Waals surface area contributed by atoms with Gasteiger partial charge in [-0.2, -0.15) is 0 Å². The number of rotatable bonds is 4. The van der Waals surface area contributed by atoms with Crippen molar-refractivity contribution in [2.24, 2.45) is 0 Å². The lowest BCUT2D eigenvalue weighted by atomic mass is 10.1. The van der Waals surface area contributed by atoms with Crippen LogP contribution in [0.2, 0.25) is 0 Å². The van der Waals surface area contributed by atoms with E-state index >= 15 is 0 Å². The second kappa shape index (κ2) is 8.29. The molecule has 0 spiro atoms. The first-order valence-corrected chi connectivity index (χ1v) is 10.8. The van der Waals surface area contributed by atoms with Gasteiger partial charge in [0.05, 0.1) is 11.0 Å². The van der Waals surface area contributed by atoms with Gasteiger partial charge in [-0.05, 0) is 55.7 Å². The van der Waals surface area contributed by atoms with Crippen molar-refractivity contribution in [1.29, 1.82) is 0 Å². The summed E-state index contributed by atoms with van der Waals surface area (Å²) in [6, 6.07) is 15.2. The first-order chi connectivity index (χ1) is 15.2. The number of hydrogen-bond donors (Lipinski definition) is 3. The van der Waals surface area contributed by atoms with Crippen molar-refractivity contribution in [2.75, 3.05) is 36.4 Å². The van der Waals surface area contributed by atoms with E-state index in [4.69, 9.17) is 0 Å². The molecule has 1 aliphatic carbocycles. The average Bonchev–Trinajstić information content (AvgIpc) is 3.54. The third-order valence-electron chi connectivity index (χ3n) is 5.76. The zero-order valence-corrected chi connectivity index (χ0v) is 17.3. The second-order valence-electron chi connectivity index (χ2n) is 8.16. The van der Waals surface area contributed by atoms with E-state index in [1.165, 1.54) is 0 Å². The summed E-state index contributed by atoms with van der Waals surface area (Å²) in [5.74, 6) is 0.871. The van der Waals surface area contributed by atoms with Crippen molar-refractivity contribution in [3.8, 4) is 0 Å². The Balaban J connectivity index is 1.20. The third-order valence-corrected chi connectivity index (χ3v) is 5.76. The normalized spacial score (nSPS) is 16.8. The predicted octanol–water partition coefficient (Wildman–Crippen LogP) is 3.20. The molecule has 2 heterocycles. The van der Waals surface area contributed by atoms with Crippen LogP contribution in [0, 0.1) is 0 Å². The molecular formula is C23H26N6O2. The highest BCUT2D eigenvalue weighted by Gasteiger charge is 2.24. The van der Waals surface area contributed by atoms with Crippen LogP contribution in [0.4, 0.5) is 16.4 Å². The number of nitrogens with one attached hydrogen (secondary N) is 3. The topological polar surface area (TPSA) is 93.4 Å². The van der Waals surface area contributed by atoms with E-state index in [1.807, 2.05) is 29.2 Å². The second-order valence-corrected chi connectivity index (χ2v) is 8.16. The summed E-state index contributed by atoms with van der Waals surface area (Å²) in [7, 11) is 0. The van der Waals surface area contributed by atoms with Crippen molar-refractivity contribution in [1.82, 2.24) is 20.2 Å². The molecule has 8 nitrogen and oxygen atoms in total. The molecule has 1 saturated heterocycles. The highest BCUT2D eigenvalue weighted by molar-refractivity contribution is 5.95. The first kappa shape index (κ1) is 19.4. The summed E-state index contributed by atoms with van der Waals surface area (Å²) < 4.78 is 0. The van der Waals surface area contributed by atoms with Gasteiger partial charge in [-0.1, -0.05) is 12.1 Å². The van der Waals surface area contributed by atoms with Crippen LogP contribution in [0.5, 0.6) is 0 Å². The average molecular weight is 419 g/mol. The molecule has 0 unspecified atom stereocenters. The number of H-pyrrole nitrogens is 1. The lowest BCUT2D eigenvalue weighted by molar-refractivity contribution is 0.0767. The van der Waals surface area contributed by atoms with Crippen LogP contribution in [0.25, 0.3) is 11.0 Å². The number of benzene rings is 2. The minimum Gasteiger partial charge on any atom is -0.341 e. The molecule has 0 radical (unpaired) electrons.